The fraction of sp³-hybridized carbons (Fsp3) is 0.286. The number of carbonyl (C=O) groups is 1. The molecule has 4 aromatic heterocycles. The molecular weight excluding hydrogens is 372 g/mol. The molecule has 0 saturated heterocycles. The highest BCUT2D eigenvalue weighted by Gasteiger charge is 2.21. The largest absolute Gasteiger partial charge is 0.464 e. The zero-order valence-corrected chi connectivity index (χ0v) is 17.2. The summed E-state index contributed by atoms with van der Waals surface area (Å²) in [5.41, 5.74) is 2.12. The number of carbonyl (C=O) groups excluding carboxylic acids is 1. The van der Waals surface area contributed by atoms with Gasteiger partial charge in [-0.3, -0.25) is 4.79 Å². The zero-order valence-electron chi connectivity index (χ0n) is 16.3. The fourth-order valence-corrected chi connectivity index (χ4v) is 3.89. The number of hydrogen-bond donors (Lipinski definition) is 0. The van der Waals surface area contributed by atoms with Crippen LogP contribution in [0.5, 0.6) is 0 Å². The minimum atomic E-state index is -0.0810. The van der Waals surface area contributed by atoms with Crippen LogP contribution in [0.4, 0.5) is 0 Å². The van der Waals surface area contributed by atoms with Crippen LogP contribution in [0, 0.1) is 6.92 Å². The molecule has 6 nitrogen and oxygen atoms in total. The Hall–Kier alpha value is -2.93. The summed E-state index contributed by atoms with van der Waals surface area (Å²) in [4.78, 5) is 20.8. The number of thiophene rings is 1. The molecule has 0 aromatic carbocycles. The van der Waals surface area contributed by atoms with E-state index in [4.69, 9.17) is 9.40 Å². The zero-order chi connectivity index (χ0) is 19.8. The van der Waals surface area contributed by atoms with Crippen molar-refractivity contribution in [3.63, 3.8) is 0 Å². The Balaban J connectivity index is 1.79. The van der Waals surface area contributed by atoms with E-state index in [1.165, 1.54) is 0 Å². The quantitative estimate of drug-likeness (QED) is 0.482. The Morgan fingerprint density at radius 1 is 1.32 bits per heavy atom. The van der Waals surface area contributed by atoms with Crippen molar-refractivity contribution in [3.05, 3.63) is 59.0 Å². The molecule has 1 amide bonds. The van der Waals surface area contributed by atoms with Crippen LogP contribution >= 0.6 is 11.3 Å². The third-order valence-corrected chi connectivity index (χ3v) is 5.49. The van der Waals surface area contributed by atoms with Gasteiger partial charge in [0.2, 0.25) is 0 Å². The van der Waals surface area contributed by atoms with Gasteiger partial charge in [0.25, 0.3) is 5.91 Å². The first-order valence-electron chi connectivity index (χ1n) is 9.17. The number of aryl methyl sites for hydroxylation is 1. The van der Waals surface area contributed by atoms with Crippen LogP contribution in [0.2, 0.25) is 0 Å². The maximum Gasteiger partial charge on any atom is 0.254 e. The molecule has 0 fully saturated rings. The lowest BCUT2D eigenvalue weighted by molar-refractivity contribution is 0.0777. The minimum absolute atomic E-state index is 0.0810. The van der Waals surface area contributed by atoms with Crippen LogP contribution in [0.3, 0.4) is 0 Å². The van der Waals surface area contributed by atoms with E-state index >= 15 is 0 Å². The number of hydrogen-bond acceptors (Lipinski definition) is 5. The number of nitrogens with zero attached hydrogens (tertiary/aromatic N) is 4. The molecule has 0 aliphatic rings. The number of furan rings is 1. The summed E-state index contributed by atoms with van der Waals surface area (Å²) in [5, 5.41) is 7.25. The fourth-order valence-electron chi connectivity index (χ4n) is 3.20. The predicted molar refractivity (Wildman–Crippen MR) is 110 cm³/mol. The maximum absolute atomic E-state index is 13.3. The molecule has 0 aliphatic heterocycles. The van der Waals surface area contributed by atoms with Crippen molar-refractivity contribution in [2.24, 2.45) is 0 Å². The lowest BCUT2D eigenvalue weighted by atomic mass is 10.1. The van der Waals surface area contributed by atoms with Crippen molar-refractivity contribution in [3.8, 4) is 10.6 Å². The SMILES string of the molecule is Cc1ccc(CN(C)C(=O)c2cc(-c3cccs3)nc3c2cnn3C(C)C)o1. The number of pyridine rings is 1. The maximum atomic E-state index is 13.3. The van der Waals surface area contributed by atoms with Crippen LogP contribution < -0.4 is 0 Å². The lowest BCUT2D eigenvalue weighted by Crippen LogP contribution is -2.26. The van der Waals surface area contributed by atoms with Crippen LogP contribution in [-0.2, 0) is 6.54 Å². The van der Waals surface area contributed by atoms with Gasteiger partial charge >= 0.3 is 0 Å². The lowest BCUT2D eigenvalue weighted by Gasteiger charge is -2.17. The summed E-state index contributed by atoms with van der Waals surface area (Å²) in [6.45, 7) is 6.41. The van der Waals surface area contributed by atoms with Gasteiger partial charge in [-0.1, -0.05) is 6.07 Å². The number of fused-ring (bicyclic) bond motifs is 1. The summed E-state index contributed by atoms with van der Waals surface area (Å²) in [6, 6.07) is 9.81. The molecule has 0 spiro atoms. The smallest absolute Gasteiger partial charge is 0.254 e. The highest BCUT2D eigenvalue weighted by Crippen LogP contribution is 2.29. The average molecular weight is 395 g/mol. The number of rotatable bonds is 5. The second kappa shape index (κ2) is 7.24. The van der Waals surface area contributed by atoms with Crippen LogP contribution in [0.1, 0.15) is 41.8 Å². The number of aromatic nitrogens is 3. The first-order valence-corrected chi connectivity index (χ1v) is 10.0. The van der Waals surface area contributed by atoms with Crippen molar-refractivity contribution in [1.82, 2.24) is 19.7 Å². The topological polar surface area (TPSA) is 64.2 Å². The van der Waals surface area contributed by atoms with Crippen molar-refractivity contribution in [1.29, 1.82) is 0 Å². The van der Waals surface area contributed by atoms with Gasteiger partial charge in [0.15, 0.2) is 5.65 Å². The molecule has 28 heavy (non-hydrogen) atoms. The third kappa shape index (κ3) is 3.33. The molecular formula is C21H22N4O2S. The van der Waals surface area contributed by atoms with E-state index in [9.17, 15) is 4.79 Å². The highest BCUT2D eigenvalue weighted by atomic mass is 32.1. The van der Waals surface area contributed by atoms with E-state index in [0.29, 0.717) is 12.1 Å². The first-order chi connectivity index (χ1) is 13.4. The summed E-state index contributed by atoms with van der Waals surface area (Å²) >= 11 is 1.60. The Morgan fingerprint density at radius 2 is 2.14 bits per heavy atom. The molecule has 4 aromatic rings. The van der Waals surface area contributed by atoms with Crippen LogP contribution in [-0.4, -0.2) is 32.6 Å². The Labute approximate surface area is 167 Å². The molecule has 0 aliphatic carbocycles. The van der Waals surface area contributed by atoms with Gasteiger partial charge in [0.1, 0.15) is 11.5 Å². The summed E-state index contributed by atoms with van der Waals surface area (Å²) in [6.07, 6.45) is 1.73. The van der Waals surface area contributed by atoms with Gasteiger partial charge in [-0.15, -0.1) is 11.3 Å². The van der Waals surface area contributed by atoms with E-state index < -0.39 is 0 Å². The normalized spacial score (nSPS) is 11.5. The van der Waals surface area contributed by atoms with Gasteiger partial charge in [0, 0.05) is 13.1 Å². The van der Waals surface area contributed by atoms with Crippen LogP contribution in [0.15, 0.2) is 46.3 Å². The molecule has 7 heteroatoms. The molecule has 0 unspecified atom stereocenters. The van der Waals surface area contributed by atoms with Gasteiger partial charge < -0.3 is 9.32 Å². The summed E-state index contributed by atoms with van der Waals surface area (Å²) in [5.74, 6) is 1.51. The monoisotopic (exact) mass is 394 g/mol. The Kier molecular flexibility index (Phi) is 4.77. The van der Waals surface area contributed by atoms with Gasteiger partial charge in [-0.05, 0) is 50.4 Å². The third-order valence-electron chi connectivity index (χ3n) is 4.60. The number of amides is 1. The Bertz CT molecular complexity index is 1120. The van der Waals surface area contributed by atoms with E-state index in [1.807, 2.05) is 47.3 Å². The highest BCUT2D eigenvalue weighted by molar-refractivity contribution is 7.13. The van der Waals surface area contributed by atoms with Gasteiger partial charge in [-0.2, -0.15) is 5.10 Å². The molecule has 0 N–H and O–H groups in total. The Morgan fingerprint density at radius 3 is 2.79 bits per heavy atom. The second-order valence-corrected chi connectivity index (χ2v) is 8.07. The summed E-state index contributed by atoms with van der Waals surface area (Å²) in [7, 11) is 1.78. The van der Waals surface area contributed by atoms with Crippen molar-refractivity contribution in [2.75, 3.05) is 7.05 Å². The van der Waals surface area contributed by atoms with Crippen molar-refractivity contribution < 1.29 is 9.21 Å². The second-order valence-electron chi connectivity index (χ2n) is 7.13. The predicted octanol–water partition coefficient (Wildman–Crippen LogP) is 4.91. The van der Waals surface area contributed by atoms with E-state index in [2.05, 4.69) is 18.9 Å². The molecule has 0 radical (unpaired) electrons. The summed E-state index contributed by atoms with van der Waals surface area (Å²) < 4.78 is 7.49. The van der Waals surface area contributed by atoms with E-state index in [-0.39, 0.29) is 11.9 Å². The van der Waals surface area contributed by atoms with E-state index in [0.717, 1.165) is 33.1 Å². The minimum Gasteiger partial charge on any atom is -0.464 e. The van der Waals surface area contributed by atoms with E-state index in [1.54, 1.807) is 29.5 Å². The standard InChI is InChI=1S/C21H22N4O2S/c1-13(2)25-20-17(11-22-25)16(10-18(23-20)19-6-5-9-28-19)21(26)24(4)12-15-8-7-14(3)27-15/h5-11,13H,12H2,1-4H3. The van der Waals surface area contributed by atoms with Crippen LogP contribution in [0.25, 0.3) is 21.6 Å². The van der Waals surface area contributed by atoms with Crippen molar-refractivity contribution >= 4 is 28.3 Å². The molecule has 4 rings (SSSR count). The average Bonchev–Trinajstić information content (AvgIpc) is 3.40. The first kappa shape index (κ1) is 18.4. The molecule has 144 valence electrons. The van der Waals surface area contributed by atoms with Crippen molar-refractivity contribution in [2.45, 2.75) is 33.4 Å². The molecule has 4 heterocycles. The molecule has 0 saturated carbocycles. The van der Waals surface area contributed by atoms with Gasteiger partial charge in [0.05, 0.1) is 34.3 Å². The molecule has 0 atom stereocenters. The van der Waals surface area contributed by atoms with Gasteiger partial charge in [-0.25, -0.2) is 9.67 Å². The molecule has 0 bridgehead atoms.